The van der Waals surface area contributed by atoms with Crippen molar-refractivity contribution < 1.29 is 4.79 Å². The van der Waals surface area contributed by atoms with Crippen molar-refractivity contribution in [3.63, 3.8) is 0 Å². The Hall–Kier alpha value is -3.26. The third kappa shape index (κ3) is 4.30. The van der Waals surface area contributed by atoms with Crippen molar-refractivity contribution >= 4 is 22.9 Å². The fraction of sp³-hybridized carbons (Fsp3) is 0.462. The number of hydrogen-bond acceptors (Lipinski definition) is 6. The molecule has 2 fully saturated rings. The Morgan fingerprint density at radius 1 is 1.09 bits per heavy atom. The highest BCUT2D eigenvalue weighted by Gasteiger charge is 2.29. The first-order chi connectivity index (χ1) is 16.4. The molecule has 0 radical (unpaired) electrons. The Kier molecular flexibility index (Phi) is 6.08. The number of nitrogens with zero attached hydrogens (tertiary/aromatic N) is 5. The lowest BCUT2D eigenvalue weighted by Crippen LogP contribution is -2.37. The van der Waals surface area contributed by atoms with Crippen LogP contribution in [0.2, 0.25) is 0 Å². The molecule has 2 aliphatic heterocycles. The van der Waals surface area contributed by atoms with Crippen molar-refractivity contribution in [2.75, 3.05) is 38.5 Å². The van der Waals surface area contributed by atoms with Crippen molar-refractivity contribution in [3.05, 3.63) is 52.4 Å². The lowest BCUT2D eigenvalue weighted by Gasteiger charge is -2.29. The Bertz CT molecular complexity index is 1280. The number of piperidine rings is 1. The van der Waals surface area contributed by atoms with E-state index in [0.29, 0.717) is 36.3 Å². The molecule has 178 valence electrons. The molecule has 0 unspecified atom stereocenters. The molecular formula is C26H32N6O2. The highest BCUT2D eigenvalue weighted by molar-refractivity contribution is 5.82. The first-order valence-electron chi connectivity index (χ1n) is 12.1. The number of fused-ring (bicyclic) bond motifs is 1. The molecule has 5 rings (SSSR count). The number of nitrogens with one attached hydrogen (secondary N) is 1. The molecule has 2 saturated heterocycles. The maximum atomic E-state index is 13.9. The Balaban J connectivity index is 1.60. The van der Waals surface area contributed by atoms with Gasteiger partial charge in [0.2, 0.25) is 11.9 Å². The van der Waals surface area contributed by atoms with Crippen LogP contribution in [-0.2, 0) is 4.79 Å². The van der Waals surface area contributed by atoms with Crippen LogP contribution in [0.1, 0.15) is 37.8 Å². The number of anilines is 1. The number of carbonyl (C=O) groups excluding carboxylic acids is 1. The largest absolute Gasteiger partial charge is 0.351 e. The predicted molar refractivity (Wildman–Crippen MR) is 134 cm³/mol. The summed E-state index contributed by atoms with van der Waals surface area (Å²) in [5.41, 5.74) is 3.16. The summed E-state index contributed by atoms with van der Waals surface area (Å²) in [4.78, 5) is 39.5. The molecule has 34 heavy (non-hydrogen) atoms. The molecule has 4 heterocycles. The fourth-order valence-electron chi connectivity index (χ4n) is 5.17. The number of benzene rings is 1. The van der Waals surface area contributed by atoms with Gasteiger partial charge in [-0.2, -0.15) is 4.98 Å². The van der Waals surface area contributed by atoms with E-state index in [-0.39, 0.29) is 17.5 Å². The van der Waals surface area contributed by atoms with Crippen LogP contribution in [0.5, 0.6) is 0 Å². The lowest BCUT2D eigenvalue weighted by molar-refractivity contribution is -0.127. The van der Waals surface area contributed by atoms with E-state index in [0.717, 1.165) is 48.9 Å². The van der Waals surface area contributed by atoms with E-state index >= 15 is 0 Å². The second kappa shape index (κ2) is 9.18. The summed E-state index contributed by atoms with van der Waals surface area (Å²) in [6, 6.07) is 10.0. The zero-order chi connectivity index (χ0) is 23.8. The third-order valence-electron chi connectivity index (χ3n) is 7.23. The maximum absolute atomic E-state index is 13.9. The molecule has 0 bridgehead atoms. The summed E-state index contributed by atoms with van der Waals surface area (Å²) >= 11 is 0. The summed E-state index contributed by atoms with van der Waals surface area (Å²) in [5, 5.41) is 4.31. The quantitative estimate of drug-likeness (QED) is 0.644. The summed E-state index contributed by atoms with van der Waals surface area (Å²) in [7, 11) is 2.14. The van der Waals surface area contributed by atoms with Crippen LogP contribution >= 0.6 is 0 Å². The highest BCUT2D eigenvalue weighted by Crippen LogP contribution is 2.28. The van der Waals surface area contributed by atoms with Gasteiger partial charge in [-0.05, 0) is 63.5 Å². The number of aromatic nitrogens is 3. The van der Waals surface area contributed by atoms with Gasteiger partial charge >= 0.3 is 0 Å². The van der Waals surface area contributed by atoms with Crippen LogP contribution in [0, 0.1) is 6.92 Å². The van der Waals surface area contributed by atoms with Crippen LogP contribution in [0.3, 0.4) is 0 Å². The number of pyridine rings is 1. The minimum absolute atomic E-state index is 0.0363. The number of likely N-dealkylation sites (tertiary alicyclic amines) is 2. The first kappa shape index (κ1) is 22.5. The molecule has 1 atom stereocenters. The highest BCUT2D eigenvalue weighted by atomic mass is 16.2. The fourth-order valence-corrected chi connectivity index (χ4v) is 5.17. The summed E-state index contributed by atoms with van der Waals surface area (Å²) in [6.07, 6.45) is 4.61. The standard InChI is InChI=1S/C26H32N6O2/c1-17-6-4-5-7-22(17)23-14-19-15-27-26(28-20-8-11-30(3)12-9-20)29-24(19)32(25(23)34)21-10-13-31(16-21)18(2)33/h4-7,14-15,20-21H,8-13,16H2,1-3H3,(H,27,28,29)/t21-/m1/s1. The monoisotopic (exact) mass is 460 g/mol. The SMILES string of the molecule is CC(=O)N1CC[C@@H](n2c(=O)c(-c3ccccc3C)cc3cnc(NC4CCN(C)CC4)nc32)C1. The van der Waals surface area contributed by atoms with Crippen LogP contribution < -0.4 is 10.9 Å². The van der Waals surface area contributed by atoms with E-state index in [4.69, 9.17) is 4.98 Å². The van der Waals surface area contributed by atoms with Crippen molar-refractivity contribution in [2.45, 2.75) is 45.2 Å². The van der Waals surface area contributed by atoms with Gasteiger partial charge in [-0.3, -0.25) is 14.2 Å². The van der Waals surface area contributed by atoms with Gasteiger partial charge in [0.25, 0.3) is 5.56 Å². The summed E-state index contributed by atoms with van der Waals surface area (Å²) in [6.45, 7) is 6.84. The van der Waals surface area contributed by atoms with Crippen molar-refractivity contribution in [1.29, 1.82) is 0 Å². The smallest absolute Gasteiger partial charge is 0.260 e. The number of amides is 1. The molecule has 1 aromatic carbocycles. The van der Waals surface area contributed by atoms with Crippen LogP contribution in [-0.4, -0.2) is 69.5 Å². The average Bonchev–Trinajstić information content (AvgIpc) is 3.31. The zero-order valence-corrected chi connectivity index (χ0v) is 20.1. The Morgan fingerprint density at radius 3 is 2.56 bits per heavy atom. The lowest BCUT2D eigenvalue weighted by atomic mass is 10.0. The second-order valence-electron chi connectivity index (χ2n) is 9.65. The van der Waals surface area contributed by atoms with Crippen LogP contribution in [0.15, 0.2) is 41.3 Å². The summed E-state index contributed by atoms with van der Waals surface area (Å²) < 4.78 is 1.81. The van der Waals surface area contributed by atoms with E-state index in [9.17, 15) is 9.59 Å². The Morgan fingerprint density at radius 2 is 1.85 bits per heavy atom. The number of hydrogen-bond donors (Lipinski definition) is 1. The van der Waals surface area contributed by atoms with E-state index < -0.39 is 0 Å². The van der Waals surface area contributed by atoms with Gasteiger partial charge in [-0.25, -0.2) is 4.98 Å². The molecule has 0 aliphatic carbocycles. The third-order valence-corrected chi connectivity index (χ3v) is 7.23. The number of rotatable bonds is 4. The molecule has 1 amide bonds. The molecule has 8 heteroatoms. The molecule has 8 nitrogen and oxygen atoms in total. The van der Waals surface area contributed by atoms with E-state index in [1.54, 1.807) is 6.92 Å². The predicted octanol–water partition coefficient (Wildman–Crippen LogP) is 3.07. The molecule has 1 N–H and O–H groups in total. The molecule has 2 aromatic heterocycles. The van der Waals surface area contributed by atoms with Gasteiger partial charge in [0, 0.05) is 43.2 Å². The zero-order valence-electron chi connectivity index (χ0n) is 20.1. The molecular weight excluding hydrogens is 428 g/mol. The van der Waals surface area contributed by atoms with Crippen LogP contribution in [0.4, 0.5) is 5.95 Å². The van der Waals surface area contributed by atoms with E-state index in [2.05, 4.69) is 22.2 Å². The normalized spacial score (nSPS) is 19.6. The minimum atomic E-state index is -0.117. The van der Waals surface area contributed by atoms with Crippen molar-refractivity contribution in [3.8, 4) is 11.1 Å². The average molecular weight is 461 g/mol. The van der Waals surface area contributed by atoms with Crippen molar-refractivity contribution in [2.24, 2.45) is 0 Å². The van der Waals surface area contributed by atoms with E-state index in [1.807, 2.05) is 52.9 Å². The van der Waals surface area contributed by atoms with Gasteiger partial charge in [0.1, 0.15) is 5.65 Å². The van der Waals surface area contributed by atoms with E-state index in [1.165, 1.54) is 0 Å². The van der Waals surface area contributed by atoms with Gasteiger partial charge in [0.05, 0.1) is 6.04 Å². The van der Waals surface area contributed by atoms with Gasteiger partial charge < -0.3 is 15.1 Å². The molecule has 3 aromatic rings. The van der Waals surface area contributed by atoms with Gasteiger partial charge in [-0.15, -0.1) is 0 Å². The number of aryl methyl sites for hydroxylation is 1. The molecule has 0 saturated carbocycles. The van der Waals surface area contributed by atoms with Crippen LogP contribution in [0.25, 0.3) is 22.2 Å². The first-order valence-corrected chi connectivity index (χ1v) is 12.1. The van der Waals surface area contributed by atoms with Gasteiger partial charge in [-0.1, -0.05) is 24.3 Å². The maximum Gasteiger partial charge on any atom is 0.260 e. The summed E-state index contributed by atoms with van der Waals surface area (Å²) in [5.74, 6) is 0.592. The van der Waals surface area contributed by atoms with Crippen molar-refractivity contribution in [1.82, 2.24) is 24.3 Å². The topological polar surface area (TPSA) is 83.4 Å². The minimum Gasteiger partial charge on any atom is -0.351 e. The number of carbonyl (C=O) groups is 1. The molecule has 0 spiro atoms. The second-order valence-corrected chi connectivity index (χ2v) is 9.65. The Labute approximate surface area is 199 Å². The molecule has 2 aliphatic rings. The van der Waals surface area contributed by atoms with Gasteiger partial charge in [0.15, 0.2) is 0 Å².